The van der Waals surface area contributed by atoms with Crippen LogP contribution < -0.4 is 10.6 Å². The van der Waals surface area contributed by atoms with E-state index in [1.165, 1.54) is 25.0 Å². The molecule has 1 amide bonds. The lowest BCUT2D eigenvalue weighted by Gasteiger charge is -2.16. The molecule has 0 aromatic heterocycles. The number of carbonyl (C=O) groups excluding carboxylic acids is 1. The monoisotopic (exact) mass is 314 g/mol. The van der Waals surface area contributed by atoms with E-state index < -0.39 is 11.7 Å². The van der Waals surface area contributed by atoms with Gasteiger partial charge in [0.1, 0.15) is 0 Å². The van der Waals surface area contributed by atoms with Gasteiger partial charge >= 0.3 is 6.18 Å². The van der Waals surface area contributed by atoms with Crippen LogP contribution in [0.15, 0.2) is 24.3 Å². The second kappa shape index (κ2) is 7.51. The van der Waals surface area contributed by atoms with Gasteiger partial charge in [-0.15, -0.1) is 0 Å². The molecular formula is C16H21F3N2O. The SMILES string of the molecule is O=C(CNc1ccc(C(F)(F)F)cc1)NC1CCCCCC1. The van der Waals surface area contributed by atoms with Crippen LogP contribution in [0.2, 0.25) is 0 Å². The first-order valence-corrected chi connectivity index (χ1v) is 7.65. The predicted molar refractivity (Wildman–Crippen MR) is 79.6 cm³/mol. The largest absolute Gasteiger partial charge is 0.416 e. The molecule has 0 atom stereocenters. The van der Waals surface area contributed by atoms with E-state index in [1.807, 2.05) is 0 Å². The van der Waals surface area contributed by atoms with Gasteiger partial charge in [0.25, 0.3) is 0 Å². The first kappa shape index (κ1) is 16.6. The maximum Gasteiger partial charge on any atom is 0.416 e. The second-order valence-electron chi connectivity index (χ2n) is 5.68. The lowest BCUT2D eigenvalue weighted by Crippen LogP contribution is -2.38. The van der Waals surface area contributed by atoms with E-state index in [-0.39, 0.29) is 18.5 Å². The molecule has 0 radical (unpaired) electrons. The molecule has 3 nitrogen and oxygen atoms in total. The Morgan fingerprint density at radius 1 is 1.05 bits per heavy atom. The Balaban J connectivity index is 1.78. The lowest BCUT2D eigenvalue weighted by molar-refractivity contribution is -0.137. The van der Waals surface area contributed by atoms with E-state index in [4.69, 9.17) is 0 Å². The number of halogens is 3. The number of hydrogen-bond acceptors (Lipinski definition) is 2. The first-order valence-electron chi connectivity index (χ1n) is 7.65. The van der Waals surface area contributed by atoms with Crippen molar-refractivity contribution in [2.24, 2.45) is 0 Å². The highest BCUT2D eigenvalue weighted by Crippen LogP contribution is 2.29. The van der Waals surface area contributed by atoms with Crippen LogP contribution in [0.1, 0.15) is 44.1 Å². The van der Waals surface area contributed by atoms with Crippen molar-refractivity contribution in [3.8, 4) is 0 Å². The van der Waals surface area contributed by atoms with Crippen LogP contribution in [0.3, 0.4) is 0 Å². The number of alkyl halides is 3. The molecule has 1 fully saturated rings. The third kappa shape index (κ3) is 5.24. The molecule has 0 saturated heterocycles. The van der Waals surface area contributed by atoms with Crippen LogP contribution in [0.5, 0.6) is 0 Å². The Morgan fingerprint density at radius 3 is 2.18 bits per heavy atom. The molecule has 1 aliphatic rings. The molecule has 0 aliphatic heterocycles. The molecule has 1 aromatic rings. The Hall–Kier alpha value is -1.72. The molecule has 22 heavy (non-hydrogen) atoms. The summed E-state index contributed by atoms with van der Waals surface area (Å²) in [6, 6.07) is 4.91. The average Bonchev–Trinajstić information content (AvgIpc) is 2.73. The number of hydrogen-bond donors (Lipinski definition) is 2. The van der Waals surface area contributed by atoms with E-state index in [0.717, 1.165) is 37.8 Å². The van der Waals surface area contributed by atoms with Crippen molar-refractivity contribution in [2.45, 2.75) is 50.7 Å². The summed E-state index contributed by atoms with van der Waals surface area (Å²) >= 11 is 0. The van der Waals surface area contributed by atoms with Gasteiger partial charge in [-0.2, -0.15) is 13.2 Å². The smallest absolute Gasteiger partial charge is 0.376 e. The van der Waals surface area contributed by atoms with Crippen molar-refractivity contribution in [3.63, 3.8) is 0 Å². The Bertz CT molecular complexity index is 477. The number of carbonyl (C=O) groups is 1. The van der Waals surface area contributed by atoms with Crippen LogP contribution in [0, 0.1) is 0 Å². The van der Waals surface area contributed by atoms with E-state index in [0.29, 0.717) is 5.69 Å². The van der Waals surface area contributed by atoms with Gasteiger partial charge in [-0.1, -0.05) is 25.7 Å². The van der Waals surface area contributed by atoms with Crippen LogP contribution >= 0.6 is 0 Å². The predicted octanol–water partition coefficient (Wildman–Crippen LogP) is 3.96. The van der Waals surface area contributed by atoms with Crippen molar-refractivity contribution >= 4 is 11.6 Å². The van der Waals surface area contributed by atoms with Crippen molar-refractivity contribution in [1.82, 2.24) is 5.32 Å². The van der Waals surface area contributed by atoms with Crippen LogP contribution in [0.25, 0.3) is 0 Å². The molecule has 2 N–H and O–H groups in total. The molecule has 122 valence electrons. The van der Waals surface area contributed by atoms with Crippen LogP contribution in [-0.4, -0.2) is 18.5 Å². The minimum atomic E-state index is -4.34. The molecule has 1 aliphatic carbocycles. The molecule has 0 heterocycles. The summed E-state index contributed by atoms with van der Waals surface area (Å²) in [6.45, 7) is 0.0713. The normalized spacial score (nSPS) is 16.9. The zero-order chi connectivity index (χ0) is 16.0. The molecule has 6 heteroatoms. The van der Waals surface area contributed by atoms with Gasteiger partial charge in [-0.3, -0.25) is 4.79 Å². The highest BCUT2D eigenvalue weighted by atomic mass is 19.4. The van der Waals surface area contributed by atoms with Gasteiger partial charge < -0.3 is 10.6 Å². The quantitative estimate of drug-likeness (QED) is 0.826. The van der Waals surface area contributed by atoms with Crippen molar-refractivity contribution in [2.75, 3.05) is 11.9 Å². The van der Waals surface area contributed by atoms with Gasteiger partial charge in [0, 0.05) is 11.7 Å². The summed E-state index contributed by atoms with van der Waals surface area (Å²) in [7, 11) is 0. The average molecular weight is 314 g/mol. The fraction of sp³-hybridized carbons (Fsp3) is 0.562. The van der Waals surface area contributed by atoms with Gasteiger partial charge in [0.05, 0.1) is 12.1 Å². The fourth-order valence-electron chi connectivity index (χ4n) is 2.66. The maximum absolute atomic E-state index is 12.4. The molecule has 2 rings (SSSR count). The topological polar surface area (TPSA) is 41.1 Å². The third-order valence-electron chi connectivity index (χ3n) is 3.89. The summed E-state index contributed by atoms with van der Waals surface area (Å²) in [5, 5.41) is 5.83. The van der Waals surface area contributed by atoms with E-state index in [2.05, 4.69) is 10.6 Å². The van der Waals surface area contributed by atoms with E-state index in [1.54, 1.807) is 0 Å². The highest BCUT2D eigenvalue weighted by Gasteiger charge is 2.29. The van der Waals surface area contributed by atoms with E-state index in [9.17, 15) is 18.0 Å². The van der Waals surface area contributed by atoms with Crippen molar-refractivity contribution in [1.29, 1.82) is 0 Å². The number of benzene rings is 1. The summed E-state index contributed by atoms with van der Waals surface area (Å²) in [5.41, 5.74) is -0.190. The molecule has 1 aromatic carbocycles. The summed E-state index contributed by atoms with van der Waals surface area (Å²) < 4.78 is 37.3. The Morgan fingerprint density at radius 2 is 1.64 bits per heavy atom. The zero-order valence-electron chi connectivity index (χ0n) is 12.4. The standard InChI is InChI=1S/C16H21F3N2O/c17-16(18,19)12-7-9-13(10-8-12)20-11-15(22)21-14-5-3-1-2-4-6-14/h7-10,14,20H,1-6,11H2,(H,21,22). The van der Waals surface area contributed by atoms with Crippen LogP contribution in [-0.2, 0) is 11.0 Å². The highest BCUT2D eigenvalue weighted by molar-refractivity contribution is 5.80. The van der Waals surface area contributed by atoms with Gasteiger partial charge in [0.2, 0.25) is 5.91 Å². The Labute approximate surface area is 128 Å². The fourth-order valence-corrected chi connectivity index (χ4v) is 2.66. The number of amides is 1. The first-order chi connectivity index (χ1) is 10.4. The Kier molecular flexibility index (Phi) is 5.69. The maximum atomic E-state index is 12.4. The van der Waals surface area contributed by atoms with Crippen molar-refractivity contribution < 1.29 is 18.0 Å². The minimum absolute atomic E-state index is 0.0713. The second-order valence-corrected chi connectivity index (χ2v) is 5.68. The molecular weight excluding hydrogens is 293 g/mol. The summed E-state index contributed by atoms with van der Waals surface area (Å²) in [4.78, 5) is 11.9. The molecule has 0 spiro atoms. The van der Waals surface area contributed by atoms with E-state index >= 15 is 0 Å². The minimum Gasteiger partial charge on any atom is -0.376 e. The molecule has 0 unspecified atom stereocenters. The molecule has 0 bridgehead atoms. The van der Waals surface area contributed by atoms with Gasteiger partial charge in [-0.05, 0) is 37.1 Å². The summed E-state index contributed by atoms with van der Waals surface area (Å²) in [6.07, 6.45) is 2.38. The number of rotatable bonds is 4. The number of nitrogens with one attached hydrogen (secondary N) is 2. The van der Waals surface area contributed by atoms with Crippen LogP contribution in [0.4, 0.5) is 18.9 Å². The van der Waals surface area contributed by atoms with Gasteiger partial charge in [0.15, 0.2) is 0 Å². The zero-order valence-corrected chi connectivity index (χ0v) is 12.4. The third-order valence-corrected chi connectivity index (χ3v) is 3.89. The lowest BCUT2D eigenvalue weighted by atomic mass is 10.1. The number of anilines is 1. The van der Waals surface area contributed by atoms with Crippen molar-refractivity contribution in [3.05, 3.63) is 29.8 Å². The molecule has 1 saturated carbocycles. The van der Waals surface area contributed by atoms with Gasteiger partial charge in [-0.25, -0.2) is 0 Å². The summed E-state index contributed by atoms with van der Waals surface area (Å²) in [5.74, 6) is -0.119.